The summed E-state index contributed by atoms with van der Waals surface area (Å²) in [5, 5.41) is 13.0. The number of hydrogen-bond acceptors (Lipinski definition) is 3. The highest BCUT2D eigenvalue weighted by molar-refractivity contribution is 6.32. The van der Waals surface area contributed by atoms with Crippen molar-refractivity contribution in [3.63, 3.8) is 0 Å². The summed E-state index contributed by atoms with van der Waals surface area (Å²) in [4.78, 5) is 11.7. The largest absolute Gasteiger partial charge is 0.482 e. The molecule has 0 bridgehead atoms. The number of carbonyl (C=O) groups is 1. The molecule has 0 aliphatic heterocycles. The Hall–Kier alpha value is -1.33. The summed E-state index contributed by atoms with van der Waals surface area (Å²) in [5.41, 5.74) is -0.804. The molecule has 21 heavy (non-hydrogen) atoms. The van der Waals surface area contributed by atoms with E-state index < -0.39 is 11.4 Å². The summed E-state index contributed by atoms with van der Waals surface area (Å²) in [6.07, 6.45) is 4.50. The predicted molar refractivity (Wildman–Crippen MR) is 77.9 cm³/mol. The molecule has 0 radical (unpaired) electrons. The Balaban J connectivity index is 1.77. The first-order chi connectivity index (χ1) is 9.98. The molecule has 0 spiro atoms. The van der Waals surface area contributed by atoms with Crippen molar-refractivity contribution in [1.82, 2.24) is 5.32 Å². The minimum Gasteiger partial charge on any atom is -0.482 e. The van der Waals surface area contributed by atoms with Crippen molar-refractivity contribution in [1.29, 1.82) is 0 Å². The van der Waals surface area contributed by atoms with E-state index in [1.165, 1.54) is 12.1 Å². The summed E-state index contributed by atoms with van der Waals surface area (Å²) in [5.74, 6) is -0.546. The average Bonchev–Trinajstić information content (AvgIpc) is 2.45. The number of hydrogen-bond donors (Lipinski definition) is 2. The molecule has 1 amide bonds. The fourth-order valence-electron chi connectivity index (χ4n) is 2.44. The Morgan fingerprint density at radius 3 is 2.76 bits per heavy atom. The number of aliphatic hydroxyl groups is 1. The Kier molecular flexibility index (Phi) is 5.42. The van der Waals surface area contributed by atoms with Crippen LogP contribution >= 0.6 is 11.6 Å². The summed E-state index contributed by atoms with van der Waals surface area (Å²) < 4.78 is 18.1. The first-order valence-corrected chi connectivity index (χ1v) is 7.43. The number of benzene rings is 1. The van der Waals surface area contributed by atoms with Gasteiger partial charge in [-0.25, -0.2) is 4.39 Å². The highest BCUT2D eigenvalue weighted by Crippen LogP contribution is 2.27. The van der Waals surface area contributed by atoms with Gasteiger partial charge in [0, 0.05) is 6.54 Å². The molecule has 0 unspecified atom stereocenters. The van der Waals surface area contributed by atoms with E-state index in [2.05, 4.69) is 5.32 Å². The van der Waals surface area contributed by atoms with Crippen LogP contribution in [0, 0.1) is 5.82 Å². The van der Waals surface area contributed by atoms with Gasteiger partial charge in [-0.05, 0) is 31.0 Å². The van der Waals surface area contributed by atoms with Gasteiger partial charge in [0.2, 0.25) is 0 Å². The normalized spacial score (nSPS) is 17.3. The van der Waals surface area contributed by atoms with Gasteiger partial charge >= 0.3 is 0 Å². The maximum atomic E-state index is 12.9. The zero-order valence-corrected chi connectivity index (χ0v) is 12.5. The fourth-order valence-corrected chi connectivity index (χ4v) is 2.66. The molecule has 1 aliphatic carbocycles. The summed E-state index contributed by atoms with van der Waals surface area (Å²) in [7, 11) is 0. The third-order valence-electron chi connectivity index (χ3n) is 3.65. The monoisotopic (exact) mass is 315 g/mol. The van der Waals surface area contributed by atoms with Crippen molar-refractivity contribution in [2.45, 2.75) is 37.7 Å². The van der Waals surface area contributed by atoms with E-state index in [0.717, 1.165) is 25.3 Å². The molecule has 4 nitrogen and oxygen atoms in total. The lowest BCUT2D eigenvalue weighted by atomic mass is 9.85. The van der Waals surface area contributed by atoms with Crippen LogP contribution in [0.1, 0.15) is 32.1 Å². The van der Waals surface area contributed by atoms with E-state index in [0.29, 0.717) is 12.8 Å². The number of amides is 1. The zero-order valence-electron chi connectivity index (χ0n) is 11.7. The molecule has 1 aromatic rings. The van der Waals surface area contributed by atoms with E-state index in [-0.39, 0.29) is 29.8 Å². The smallest absolute Gasteiger partial charge is 0.258 e. The van der Waals surface area contributed by atoms with Crippen molar-refractivity contribution in [3.05, 3.63) is 29.0 Å². The maximum absolute atomic E-state index is 12.9. The third kappa shape index (κ3) is 4.86. The second-order valence-electron chi connectivity index (χ2n) is 5.43. The third-order valence-corrected chi connectivity index (χ3v) is 3.95. The molecule has 0 heterocycles. The predicted octanol–water partition coefficient (Wildman–Crippen LogP) is 2.67. The summed E-state index contributed by atoms with van der Waals surface area (Å²) in [6.45, 7) is 0.00771. The van der Waals surface area contributed by atoms with Crippen molar-refractivity contribution >= 4 is 17.5 Å². The molecule has 1 aromatic carbocycles. The molecular weight excluding hydrogens is 297 g/mol. The topological polar surface area (TPSA) is 58.6 Å². The molecule has 1 saturated carbocycles. The van der Waals surface area contributed by atoms with Gasteiger partial charge in [-0.1, -0.05) is 30.9 Å². The van der Waals surface area contributed by atoms with E-state index in [1.807, 2.05) is 0 Å². The first kappa shape index (κ1) is 16.0. The summed E-state index contributed by atoms with van der Waals surface area (Å²) >= 11 is 5.80. The van der Waals surface area contributed by atoms with Gasteiger partial charge in [0.25, 0.3) is 5.91 Å². The van der Waals surface area contributed by atoms with Crippen LogP contribution in [-0.4, -0.2) is 29.8 Å². The molecule has 116 valence electrons. The van der Waals surface area contributed by atoms with E-state index in [4.69, 9.17) is 16.3 Å². The molecule has 1 aliphatic rings. The highest BCUT2D eigenvalue weighted by Gasteiger charge is 2.29. The van der Waals surface area contributed by atoms with Crippen molar-refractivity contribution in [2.75, 3.05) is 13.2 Å². The van der Waals surface area contributed by atoms with Crippen molar-refractivity contribution < 1.29 is 19.0 Å². The van der Waals surface area contributed by atoms with Crippen LogP contribution in [0.3, 0.4) is 0 Å². The molecule has 2 N–H and O–H groups in total. The number of carbonyl (C=O) groups excluding carboxylic acids is 1. The average molecular weight is 316 g/mol. The van der Waals surface area contributed by atoms with Crippen LogP contribution in [0.2, 0.25) is 5.02 Å². The lowest BCUT2D eigenvalue weighted by Crippen LogP contribution is -2.45. The van der Waals surface area contributed by atoms with Gasteiger partial charge in [0.15, 0.2) is 6.61 Å². The first-order valence-electron chi connectivity index (χ1n) is 7.05. The van der Waals surface area contributed by atoms with E-state index in [1.54, 1.807) is 0 Å². The van der Waals surface area contributed by atoms with Gasteiger partial charge < -0.3 is 15.2 Å². The van der Waals surface area contributed by atoms with Crippen LogP contribution < -0.4 is 10.1 Å². The maximum Gasteiger partial charge on any atom is 0.258 e. The van der Waals surface area contributed by atoms with Crippen LogP contribution in [0.25, 0.3) is 0 Å². The van der Waals surface area contributed by atoms with Gasteiger partial charge in [0.05, 0.1) is 10.6 Å². The SMILES string of the molecule is O=C(COc1ccc(F)cc1Cl)NCC1(O)CCCCC1. The van der Waals surface area contributed by atoms with Crippen molar-refractivity contribution in [2.24, 2.45) is 0 Å². The summed E-state index contributed by atoms with van der Waals surface area (Å²) in [6, 6.07) is 3.71. The van der Waals surface area contributed by atoms with Gasteiger partial charge in [-0.2, -0.15) is 0 Å². The van der Waals surface area contributed by atoms with Gasteiger partial charge in [0.1, 0.15) is 11.6 Å². The minimum atomic E-state index is -0.804. The molecule has 1 fully saturated rings. The van der Waals surface area contributed by atoms with Gasteiger partial charge in [-0.3, -0.25) is 4.79 Å². The molecule has 0 aromatic heterocycles. The second kappa shape index (κ2) is 7.09. The second-order valence-corrected chi connectivity index (χ2v) is 5.83. The fraction of sp³-hybridized carbons (Fsp3) is 0.533. The van der Waals surface area contributed by atoms with Crippen LogP contribution in [0.15, 0.2) is 18.2 Å². The Labute approximate surface area is 128 Å². The Morgan fingerprint density at radius 2 is 2.10 bits per heavy atom. The molecule has 0 saturated heterocycles. The number of nitrogens with one attached hydrogen (secondary N) is 1. The zero-order chi connectivity index (χ0) is 15.3. The van der Waals surface area contributed by atoms with Crippen LogP contribution in [-0.2, 0) is 4.79 Å². The van der Waals surface area contributed by atoms with E-state index in [9.17, 15) is 14.3 Å². The Morgan fingerprint density at radius 1 is 1.38 bits per heavy atom. The van der Waals surface area contributed by atoms with Crippen LogP contribution in [0.4, 0.5) is 4.39 Å². The lowest BCUT2D eigenvalue weighted by Gasteiger charge is -2.32. The quantitative estimate of drug-likeness (QED) is 0.878. The minimum absolute atomic E-state index is 0.119. The number of rotatable bonds is 5. The molecule has 2 rings (SSSR count). The molecule has 0 atom stereocenters. The number of ether oxygens (including phenoxy) is 1. The highest BCUT2D eigenvalue weighted by atomic mass is 35.5. The standard InChI is InChI=1S/C15H19ClFNO3/c16-12-8-11(17)4-5-13(12)21-9-14(19)18-10-15(20)6-2-1-3-7-15/h4-5,8,20H,1-3,6-7,9-10H2,(H,18,19). The van der Waals surface area contributed by atoms with Gasteiger partial charge in [-0.15, -0.1) is 0 Å². The lowest BCUT2D eigenvalue weighted by molar-refractivity contribution is -0.124. The van der Waals surface area contributed by atoms with E-state index >= 15 is 0 Å². The molecular formula is C15H19ClFNO3. The molecule has 6 heteroatoms. The van der Waals surface area contributed by atoms with Crippen molar-refractivity contribution in [3.8, 4) is 5.75 Å². The Bertz CT molecular complexity index is 504. The van der Waals surface area contributed by atoms with Crippen LogP contribution in [0.5, 0.6) is 5.75 Å². The number of halogens is 2.